The van der Waals surface area contributed by atoms with Crippen molar-refractivity contribution < 1.29 is 24.2 Å². The summed E-state index contributed by atoms with van der Waals surface area (Å²) in [6, 6.07) is 10.1. The number of nitrogens with one attached hydrogen (secondary N) is 3. The number of anilines is 2. The second-order valence-electron chi connectivity index (χ2n) is 8.79. The van der Waals surface area contributed by atoms with Crippen LogP contribution in [0.15, 0.2) is 42.5 Å². The second-order valence-corrected chi connectivity index (χ2v) is 10.6. The Morgan fingerprint density at radius 2 is 1.68 bits per heavy atom. The first-order valence-corrected chi connectivity index (χ1v) is 13.5. The molecule has 200 valence electrons. The fraction of sp³-hybridized carbons (Fsp3) is 0.308. The molecule has 2 aromatic carbocycles. The normalized spacial score (nSPS) is 14.4. The van der Waals surface area contributed by atoms with Gasteiger partial charge in [0, 0.05) is 5.56 Å². The van der Waals surface area contributed by atoms with Crippen LogP contribution in [-0.2, 0) is 4.79 Å². The number of aromatic nitrogens is 1. The van der Waals surface area contributed by atoms with Crippen LogP contribution < -0.4 is 20.7 Å². The summed E-state index contributed by atoms with van der Waals surface area (Å²) in [7, 11) is 1.55. The van der Waals surface area contributed by atoms with Gasteiger partial charge in [0.2, 0.25) is 0 Å². The molecule has 0 bridgehead atoms. The predicted octanol–water partition coefficient (Wildman–Crippen LogP) is 6.53. The van der Waals surface area contributed by atoms with Crippen LogP contribution in [0.25, 0.3) is 10.6 Å². The van der Waals surface area contributed by atoms with Gasteiger partial charge in [0.15, 0.2) is 5.69 Å². The van der Waals surface area contributed by atoms with Crippen molar-refractivity contribution in [2.45, 2.75) is 38.1 Å². The van der Waals surface area contributed by atoms with Crippen LogP contribution in [-0.4, -0.2) is 41.1 Å². The monoisotopic (exact) mass is 576 g/mol. The molecular weight excluding hydrogens is 551 g/mol. The number of carboxylic acid groups (broad SMARTS) is 1. The Balaban J connectivity index is 1.62. The van der Waals surface area contributed by atoms with E-state index >= 15 is 0 Å². The Kier molecular flexibility index (Phi) is 9.09. The second kappa shape index (κ2) is 12.5. The number of halogens is 2. The van der Waals surface area contributed by atoms with Gasteiger partial charge in [0.05, 0.1) is 22.8 Å². The molecule has 0 spiro atoms. The molecule has 0 aliphatic heterocycles. The van der Waals surface area contributed by atoms with Crippen molar-refractivity contribution in [3.63, 3.8) is 0 Å². The van der Waals surface area contributed by atoms with Crippen molar-refractivity contribution >= 4 is 63.1 Å². The average molecular weight is 577 g/mol. The Bertz CT molecular complexity index is 1310. The number of para-hydroxylation sites is 1. The largest absolute Gasteiger partial charge is 0.497 e. The Hall–Kier alpha value is -3.34. The minimum atomic E-state index is -1.10. The Morgan fingerprint density at radius 1 is 1.03 bits per heavy atom. The van der Waals surface area contributed by atoms with E-state index in [0.717, 1.165) is 43.4 Å². The Labute approximate surface area is 233 Å². The molecule has 3 amide bonds. The van der Waals surface area contributed by atoms with Gasteiger partial charge in [-0.05, 0) is 55.2 Å². The lowest BCUT2D eigenvalue weighted by atomic mass is 9.84. The van der Waals surface area contributed by atoms with Gasteiger partial charge in [-0.1, -0.05) is 59.9 Å². The number of carbonyl (C=O) groups is 3. The number of rotatable bonds is 8. The van der Waals surface area contributed by atoms with Gasteiger partial charge in [-0.3, -0.25) is 10.1 Å². The molecular formula is C26H26Cl2N4O5S. The van der Waals surface area contributed by atoms with Crippen molar-refractivity contribution in [3.8, 4) is 16.3 Å². The van der Waals surface area contributed by atoms with E-state index in [2.05, 4.69) is 20.9 Å². The van der Waals surface area contributed by atoms with Gasteiger partial charge in [-0.2, -0.15) is 0 Å². The van der Waals surface area contributed by atoms with Crippen molar-refractivity contribution in [1.29, 1.82) is 0 Å². The summed E-state index contributed by atoms with van der Waals surface area (Å²) >= 11 is 13.4. The molecule has 1 unspecified atom stereocenters. The summed E-state index contributed by atoms with van der Waals surface area (Å²) in [5, 5.41) is 18.8. The number of methoxy groups -OCH3 is 1. The molecule has 1 atom stereocenters. The van der Waals surface area contributed by atoms with Crippen LogP contribution in [0.3, 0.4) is 0 Å². The molecule has 38 heavy (non-hydrogen) atoms. The first kappa shape index (κ1) is 27.7. The molecule has 1 aliphatic carbocycles. The van der Waals surface area contributed by atoms with Crippen LogP contribution in [0.2, 0.25) is 10.0 Å². The summed E-state index contributed by atoms with van der Waals surface area (Å²) in [6.45, 7) is 0. The van der Waals surface area contributed by atoms with Crippen molar-refractivity contribution in [1.82, 2.24) is 10.3 Å². The van der Waals surface area contributed by atoms with E-state index in [-0.39, 0.29) is 32.3 Å². The number of aliphatic carboxylic acids is 1. The maximum Gasteiger partial charge on any atom is 0.326 e. The summed E-state index contributed by atoms with van der Waals surface area (Å²) in [4.78, 5) is 42.7. The van der Waals surface area contributed by atoms with E-state index in [4.69, 9.17) is 27.9 Å². The number of carbonyl (C=O) groups excluding carboxylic acids is 2. The molecule has 1 fully saturated rings. The molecule has 1 aromatic heterocycles. The van der Waals surface area contributed by atoms with E-state index < -0.39 is 23.9 Å². The number of nitrogens with zero attached hydrogens (tertiary/aromatic N) is 1. The lowest BCUT2D eigenvalue weighted by Gasteiger charge is -2.27. The summed E-state index contributed by atoms with van der Waals surface area (Å²) in [5.41, 5.74) is 0.806. The number of amides is 3. The van der Waals surface area contributed by atoms with Gasteiger partial charge < -0.3 is 20.5 Å². The van der Waals surface area contributed by atoms with E-state index in [1.165, 1.54) is 0 Å². The van der Waals surface area contributed by atoms with Gasteiger partial charge in [-0.25, -0.2) is 14.6 Å². The van der Waals surface area contributed by atoms with Gasteiger partial charge in [-0.15, -0.1) is 0 Å². The maximum atomic E-state index is 13.4. The van der Waals surface area contributed by atoms with E-state index in [1.54, 1.807) is 49.6 Å². The summed E-state index contributed by atoms with van der Waals surface area (Å²) in [5.74, 6) is -1.32. The fourth-order valence-electron chi connectivity index (χ4n) is 4.34. The zero-order valence-electron chi connectivity index (χ0n) is 20.4. The highest BCUT2D eigenvalue weighted by atomic mass is 35.5. The van der Waals surface area contributed by atoms with Crippen molar-refractivity contribution in [3.05, 3.63) is 58.2 Å². The molecule has 1 heterocycles. The average Bonchev–Trinajstić information content (AvgIpc) is 3.33. The molecule has 1 saturated carbocycles. The lowest BCUT2D eigenvalue weighted by molar-refractivity contribution is -0.141. The number of hydrogen-bond acceptors (Lipinski definition) is 6. The van der Waals surface area contributed by atoms with Gasteiger partial charge >= 0.3 is 12.0 Å². The third kappa shape index (κ3) is 6.56. The third-order valence-corrected chi connectivity index (χ3v) is 7.93. The number of ether oxygens (including phenoxy) is 1. The SMILES string of the molecule is COc1ccc(-c2nc(C(=O)NC(C(=O)O)C3CCCCC3)c(NC(=O)Nc3c(Cl)cccc3Cl)s2)cc1. The molecule has 3 aromatic rings. The minimum absolute atomic E-state index is 0.0942. The number of benzene rings is 2. The summed E-state index contributed by atoms with van der Waals surface area (Å²) in [6.07, 6.45) is 4.32. The third-order valence-electron chi connectivity index (χ3n) is 6.28. The lowest BCUT2D eigenvalue weighted by Crippen LogP contribution is -2.46. The first-order valence-electron chi connectivity index (χ1n) is 12.0. The van der Waals surface area contributed by atoms with Crippen LogP contribution in [0.1, 0.15) is 42.6 Å². The van der Waals surface area contributed by atoms with E-state index in [0.29, 0.717) is 16.3 Å². The fourth-order valence-corrected chi connectivity index (χ4v) is 5.79. The Morgan fingerprint density at radius 3 is 2.29 bits per heavy atom. The van der Waals surface area contributed by atoms with Crippen molar-refractivity contribution in [2.75, 3.05) is 17.7 Å². The first-order chi connectivity index (χ1) is 18.3. The maximum absolute atomic E-state index is 13.4. The molecule has 1 aliphatic rings. The van der Waals surface area contributed by atoms with Crippen LogP contribution in [0, 0.1) is 5.92 Å². The van der Waals surface area contributed by atoms with E-state index in [9.17, 15) is 19.5 Å². The number of carboxylic acids is 1. The topological polar surface area (TPSA) is 130 Å². The number of urea groups is 1. The zero-order valence-corrected chi connectivity index (χ0v) is 22.8. The quantitative estimate of drug-likeness (QED) is 0.241. The molecule has 9 nitrogen and oxygen atoms in total. The minimum Gasteiger partial charge on any atom is -0.497 e. The highest BCUT2D eigenvalue weighted by Crippen LogP contribution is 2.35. The molecule has 4 N–H and O–H groups in total. The highest BCUT2D eigenvalue weighted by molar-refractivity contribution is 7.19. The summed E-state index contributed by atoms with van der Waals surface area (Å²) < 4.78 is 5.20. The molecule has 4 rings (SSSR count). The van der Waals surface area contributed by atoms with Crippen LogP contribution in [0.5, 0.6) is 5.75 Å². The number of thiazole rings is 1. The smallest absolute Gasteiger partial charge is 0.326 e. The molecule has 0 saturated heterocycles. The highest BCUT2D eigenvalue weighted by Gasteiger charge is 2.32. The standard InChI is InChI=1S/C26H26Cl2N4O5S/c1-37-16-12-10-15(11-13-16)23-30-21(22(33)29-19(25(34)35)14-6-3-2-4-7-14)24(38-23)32-26(36)31-20-17(27)8-5-9-18(20)28/h5,8-14,19H,2-4,6-7H2,1H3,(H,29,33)(H,34,35)(H2,31,32,36). The van der Waals surface area contributed by atoms with Gasteiger partial charge in [0.25, 0.3) is 5.91 Å². The van der Waals surface area contributed by atoms with Crippen LogP contribution >= 0.6 is 34.5 Å². The van der Waals surface area contributed by atoms with Crippen LogP contribution in [0.4, 0.5) is 15.5 Å². The molecule has 0 radical (unpaired) electrons. The molecule has 12 heteroatoms. The number of hydrogen-bond donors (Lipinski definition) is 4. The zero-order chi connectivity index (χ0) is 27.2. The van der Waals surface area contributed by atoms with Gasteiger partial charge in [0.1, 0.15) is 21.8 Å². The predicted molar refractivity (Wildman–Crippen MR) is 149 cm³/mol. The van der Waals surface area contributed by atoms with E-state index in [1.807, 2.05) is 0 Å². The van der Waals surface area contributed by atoms with Crippen molar-refractivity contribution in [2.24, 2.45) is 5.92 Å².